The van der Waals surface area contributed by atoms with Crippen LogP contribution in [0.3, 0.4) is 0 Å². The van der Waals surface area contributed by atoms with Crippen LogP contribution in [0.5, 0.6) is 0 Å². The molecule has 2 atom stereocenters. The standard InChI is InChI=1S/C21H25.C17H18.C5H5.2ClH.Zr/c1-20(2,3)16-9-7-14-11-15-8-10-17(21(4,5)6)13-19(15)18(14)12-16;1-14(16-9-5-3-6-10-16)13-15(2)17-11-7-4-8-12-17;1-2-4-5-3-1;;;/h7,9-10,12-13H,11H2,1-6H3;3-12,14-15H,1-2H3;1-3H,4H2;2*1H;/q-1;;-1;;;+2. The molecule has 2 aliphatic rings. The molecule has 0 radical (unpaired) electrons. The van der Waals surface area contributed by atoms with E-state index in [2.05, 4.69) is 165 Å². The van der Waals surface area contributed by atoms with Crippen molar-refractivity contribution in [3.05, 3.63) is 155 Å². The van der Waals surface area contributed by atoms with Crippen LogP contribution < -0.4 is 0 Å². The Morgan fingerprint density at radius 2 is 1.22 bits per heavy atom. The summed E-state index contributed by atoms with van der Waals surface area (Å²) in [5.41, 5.74) is 11.6. The number of halogens is 2. The summed E-state index contributed by atoms with van der Waals surface area (Å²) in [6.45, 7) is 18.3. The molecule has 0 amide bonds. The van der Waals surface area contributed by atoms with Crippen molar-refractivity contribution in [2.24, 2.45) is 0 Å². The van der Waals surface area contributed by atoms with E-state index in [0.717, 1.165) is 12.8 Å². The van der Waals surface area contributed by atoms with Crippen molar-refractivity contribution >= 4 is 28.0 Å². The third kappa shape index (κ3) is 10.6. The van der Waals surface area contributed by atoms with E-state index in [1.165, 1.54) is 44.5 Å². The van der Waals surface area contributed by atoms with Crippen LogP contribution in [0, 0.1) is 12.1 Å². The van der Waals surface area contributed by atoms with Gasteiger partial charge < -0.3 is 0 Å². The van der Waals surface area contributed by atoms with Gasteiger partial charge in [-0.05, 0) is 17.4 Å². The molecule has 240 valence electrons. The zero-order valence-corrected chi connectivity index (χ0v) is 32.9. The molecule has 6 rings (SSSR count). The Labute approximate surface area is 307 Å². The van der Waals surface area contributed by atoms with Gasteiger partial charge in [0.05, 0.1) is 0 Å². The first-order valence-electron chi connectivity index (χ1n) is 15.9. The van der Waals surface area contributed by atoms with Gasteiger partial charge >= 0.3 is 125 Å². The summed E-state index contributed by atoms with van der Waals surface area (Å²) in [7, 11) is 0. The number of fused-ring (bicyclic) bond motifs is 3. The maximum atomic E-state index is 3.53. The first-order chi connectivity index (χ1) is 20.9. The van der Waals surface area contributed by atoms with Crippen molar-refractivity contribution in [1.29, 1.82) is 0 Å². The van der Waals surface area contributed by atoms with Crippen molar-refractivity contribution in [3.63, 3.8) is 0 Å². The predicted molar refractivity (Wildman–Crippen MR) is 202 cm³/mol. The molecule has 0 saturated carbocycles. The molecule has 46 heavy (non-hydrogen) atoms. The summed E-state index contributed by atoms with van der Waals surface area (Å²) in [5.74, 6) is 1.08. The number of hydrogen-bond acceptors (Lipinski definition) is 0. The molecule has 0 saturated heterocycles. The van der Waals surface area contributed by atoms with E-state index in [0.29, 0.717) is 11.8 Å². The molecular weight excluding hydrogens is 679 g/mol. The van der Waals surface area contributed by atoms with E-state index in [4.69, 9.17) is 0 Å². The zero-order valence-electron chi connectivity index (χ0n) is 28.8. The van der Waals surface area contributed by atoms with E-state index in [1.54, 1.807) is 27.4 Å². The molecule has 0 bridgehead atoms. The fraction of sp³-hybridized carbons (Fsp3) is 0.326. The second kappa shape index (κ2) is 17.7. The van der Waals surface area contributed by atoms with Gasteiger partial charge in [-0.3, -0.25) is 6.08 Å². The minimum Gasteiger partial charge on any atom is -0.273 e. The second-order valence-corrected chi connectivity index (χ2v) is 15.5. The third-order valence-electron chi connectivity index (χ3n) is 8.64. The molecule has 0 heterocycles. The van der Waals surface area contributed by atoms with Gasteiger partial charge in [-0.25, -0.2) is 12.2 Å². The molecule has 3 heteroatoms. The number of allylic oxidation sites excluding steroid dienone is 4. The van der Waals surface area contributed by atoms with E-state index in [1.807, 2.05) is 12.2 Å². The summed E-state index contributed by atoms with van der Waals surface area (Å²) in [4.78, 5) is 0. The molecule has 2 unspecified atom stereocenters. The zero-order chi connectivity index (χ0) is 31.9. The molecule has 0 fully saturated rings. The molecule has 0 spiro atoms. The average molecular weight is 729 g/mol. The quantitative estimate of drug-likeness (QED) is 0.162. The van der Waals surface area contributed by atoms with Gasteiger partial charge in [0.15, 0.2) is 0 Å². The smallest absolute Gasteiger partial charge is 0.109 e. The molecule has 0 nitrogen and oxygen atoms in total. The molecule has 0 aliphatic heterocycles. The van der Waals surface area contributed by atoms with Crippen molar-refractivity contribution < 1.29 is 24.2 Å². The van der Waals surface area contributed by atoms with Crippen LogP contribution in [0.4, 0.5) is 0 Å². The summed E-state index contributed by atoms with van der Waals surface area (Å²) >= 11 is 1.54. The molecule has 4 aromatic carbocycles. The number of benzene rings is 4. The van der Waals surface area contributed by atoms with E-state index >= 15 is 0 Å². The van der Waals surface area contributed by atoms with Gasteiger partial charge in [0.25, 0.3) is 0 Å². The SMILES string of the molecule is CC(C)(C)c1c[c-]c2c(c1)-c1cc(C(C)(C)C)ccc1C2.CC([C](=[Zr+2])C(C)c1ccccc1)c1ccccc1.Cl.Cl.[C-]1=CC=CC1. The van der Waals surface area contributed by atoms with Crippen LogP contribution in [0.1, 0.15) is 107 Å². The second-order valence-electron chi connectivity index (χ2n) is 14.1. The Hall–Kier alpha value is -2.31. The van der Waals surface area contributed by atoms with Crippen LogP contribution in [0.25, 0.3) is 11.1 Å². The van der Waals surface area contributed by atoms with Crippen LogP contribution in [0.15, 0.2) is 109 Å². The molecule has 2 aliphatic carbocycles. The van der Waals surface area contributed by atoms with Crippen molar-refractivity contribution in [2.75, 3.05) is 0 Å². The van der Waals surface area contributed by atoms with Crippen LogP contribution in [-0.4, -0.2) is 3.21 Å². The summed E-state index contributed by atoms with van der Waals surface area (Å²) < 4.78 is 1.61. The Morgan fingerprint density at radius 1 is 0.696 bits per heavy atom. The molecular formula is C43H50Cl2Zr. The minimum absolute atomic E-state index is 0. The maximum Gasteiger partial charge on any atom is -0.109 e. The Bertz CT molecular complexity index is 1480. The fourth-order valence-corrected chi connectivity index (χ4v) is 6.36. The minimum atomic E-state index is 0. The fourth-order valence-electron chi connectivity index (χ4n) is 5.54. The van der Waals surface area contributed by atoms with Crippen LogP contribution in [0.2, 0.25) is 0 Å². The van der Waals surface area contributed by atoms with Gasteiger partial charge in [0, 0.05) is 0 Å². The van der Waals surface area contributed by atoms with Gasteiger partial charge in [-0.15, -0.1) is 36.8 Å². The molecule has 0 aromatic heterocycles. The summed E-state index contributed by atoms with van der Waals surface area (Å²) in [6.07, 6.45) is 11.0. The van der Waals surface area contributed by atoms with Gasteiger partial charge in [-0.1, -0.05) is 76.3 Å². The van der Waals surface area contributed by atoms with E-state index in [9.17, 15) is 0 Å². The maximum absolute atomic E-state index is 3.53. The summed E-state index contributed by atoms with van der Waals surface area (Å²) in [6, 6.07) is 36.7. The average Bonchev–Trinajstić information content (AvgIpc) is 3.72. The van der Waals surface area contributed by atoms with Gasteiger partial charge in [0.2, 0.25) is 0 Å². The first-order valence-corrected chi connectivity index (χ1v) is 17.2. The largest absolute Gasteiger partial charge is 0.273 e. The van der Waals surface area contributed by atoms with Gasteiger partial charge in [-0.2, -0.15) is 35.4 Å². The van der Waals surface area contributed by atoms with Gasteiger partial charge in [0.1, 0.15) is 0 Å². The van der Waals surface area contributed by atoms with Crippen molar-refractivity contribution in [3.8, 4) is 11.1 Å². The summed E-state index contributed by atoms with van der Waals surface area (Å²) in [5, 5.41) is 0. The third-order valence-corrected chi connectivity index (χ3v) is 10.8. The Kier molecular flexibility index (Phi) is 15.4. The van der Waals surface area contributed by atoms with E-state index in [-0.39, 0.29) is 35.6 Å². The first kappa shape index (κ1) is 39.9. The van der Waals surface area contributed by atoms with Crippen molar-refractivity contribution in [2.45, 2.75) is 90.9 Å². The number of rotatable bonds is 4. The Morgan fingerprint density at radius 3 is 1.65 bits per heavy atom. The Balaban J connectivity index is 0.000000270. The van der Waals surface area contributed by atoms with Crippen LogP contribution in [-0.2, 0) is 41.5 Å². The monoisotopic (exact) mass is 726 g/mol. The number of hydrogen-bond donors (Lipinski definition) is 0. The normalized spacial score (nSPS) is 13.8. The van der Waals surface area contributed by atoms with Crippen LogP contribution >= 0.6 is 24.8 Å². The molecule has 4 aromatic rings. The topological polar surface area (TPSA) is 0 Å². The predicted octanol–water partition coefficient (Wildman–Crippen LogP) is 12.1. The molecule has 0 N–H and O–H groups in total. The van der Waals surface area contributed by atoms with Crippen molar-refractivity contribution in [1.82, 2.24) is 0 Å². The van der Waals surface area contributed by atoms with E-state index < -0.39 is 0 Å².